The highest BCUT2D eigenvalue weighted by Crippen LogP contribution is 2.12. The fraction of sp³-hybridized carbons (Fsp3) is 0.875. The van der Waals surface area contributed by atoms with Gasteiger partial charge in [-0.05, 0) is 32.1 Å². The summed E-state index contributed by atoms with van der Waals surface area (Å²) in [6, 6.07) is 0. The largest absolute Gasteiger partial charge is 0.355 e. The van der Waals surface area contributed by atoms with Crippen LogP contribution in [0.4, 0.5) is 0 Å². The van der Waals surface area contributed by atoms with Gasteiger partial charge in [-0.2, -0.15) is 0 Å². The van der Waals surface area contributed by atoms with E-state index in [-0.39, 0.29) is 5.91 Å². The monoisotopic (exact) mass is 380 g/mol. The summed E-state index contributed by atoms with van der Waals surface area (Å²) >= 11 is 0. The first kappa shape index (κ1) is 26.2. The average molecular weight is 381 g/mol. The smallest absolute Gasteiger partial charge is 0.220 e. The van der Waals surface area contributed by atoms with E-state index in [0.717, 1.165) is 6.42 Å². The number of carbonyl (C=O) groups excluding carboxylic acids is 1. The normalized spacial score (nSPS) is 11.3. The highest BCUT2D eigenvalue weighted by Gasteiger charge is 1.99. The van der Waals surface area contributed by atoms with Crippen LogP contribution in [0.3, 0.4) is 0 Å². The van der Waals surface area contributed by atoms with Crippen molar-refractivity contribution in [1.82, 2.24) is 5.32 Å². The summed E-state index contributed by atoms with van der Waals surface area (Å²) in [5.74, 6) is 0.154. The van der Waals surface area contributed by atoms with Crippen LogP contribution in [0.1, 0.15) is 122 Å². The maximum atomic E-state index is 11.4. The van der Waals surface area contributed by atoms with Gasteiger partial charge >= 0.3 is 0 Å². The van der Waals surface area contributed by atoms with E-state index in [0.29, 0.717) is 19.5 Å². The van der Waals surface area contributed by atoms with Crippen molar-refractivity contribution in [3.63, 3.8) is 0 Å². The van der Waals surface area contributed by atoms with Crippen LogP contribution < -0.4 is 11.1 Å². The van der Waals surface area contributed by atoms with Crippen molar-refractivity contribution in [3.05, 3.63) is 12.2 Å². The number of carbonyl (C=O) groups is 1. The first-order chi connectivity index (χ1) is 13.3. The number of nitrogens with one attached hydrogen (secondary N) is 1. The Kier molecular flexibility index (Phi) is 22.5. The van der Waals surface area contributed by atoms with E-state index in [2.05, 4.69) is 24.4 Å². The molecule has 160 valence electrons. The number of amides is 1. The van der Waals surface area contributed by atoms with Gasteiger partial charge < -0.3 is 11.1 Å². The van der Waals surface area contributed by atoms with Crippen LogP contribution in [0.25, 0.3) is 0 Å². The topological polar surface area (TPSA) is 55.1 Å². The molecule has 0 saturated heterocycles. The molecule has 0 radical (unpaired) electrons. The molecule has 3 N–H and O–H groups in total. The molecule has 0 aliphatic carbocycles. The molecule has 27 heavy (non-hydrogen) atoms. The third-order valence-electron chi connectivity index (χ3n) is 5.13. The minimum atomic E-state index is 0.154. The molecule has 0 unspecified atom stereocenters. The molecule has 0 aromatic rings. The molecule has 0 atom stereocenters. The number of rotatable bonds is 21. The maximum absolute atomic E-state index is 11.4. The van der Waals surface area contributed by atoms with Gasteiger partial charge in [-0.25, -0.2) is 0 Å². The van der Waals surface area contributed by atoms with Gasteiger partial charge in [-0.3, -0.25) is 4.79 Å². The molecule has 0 aliphatic heterocycles. The molecule has 0 aromatic carbocycles. The number of hydrogen-bond acceptors (Lipinski definition) is 2. The van der Waals surface area contributed by atoms with Crippen LogP contribution in [0.5, 0.6) is 0 Å². The third-order valence-corrected chi connectivity index (χ3v) is 5.13. The Balaban J connectivity index is 3.12. The Morgan fingerprint density at radius 2 is 1.15 bits per heavy atom. The van der Waals surface area contributed by atoms with Crippen LogP contribution in [0, 0.1) is 0 Å². The minimum absolute atomic E-state index is 0.154. The predicted octanol–water partition coefficient (Wildman–Crippen LogP) is 6.66. The lowest BCUT2D eigenvalue weighted by Gasteiger charge is -2.04. The second-order valence-electron chi connectivity index (χ2n) is 7.89. The van der Waals surface area contributed by atoms with Crippen molar-refractivity contribution in [3.8, 4) is 0 Å². The van der Waals surface area contributed by atoms with E-state index < -0.39 is 0 Å². The lowest BCUT2D eigenvalue weighted by molar-refractivity contribution is -0.121. The zero-order valence-corrected chi connectivity index (χ0v) is 18.3. The summed E-state index contributed by atoms with van der Waals surface area (Å²) in [5, 5.41) is 2.82. The summed E-state index contributed by atoms with van der Waals surface area (Å²) in [6.45, 7) is 3.41. The number of nitrogens with two attached hydrogens (primary N) is 1. The molecule has 0 bridgehead atoms. The van der Waals surface area contributed by atoms with Crippen LogP contribution in [0.2, 0.25) is 0 Å². The lowest BCUT2D eigenvalue weighted by Crippen LogP contribution is -2.28. The van der Waals surface area contributed by atoms with Crippen molar-refractivity contribution in [2.45, 2.75) is 122 Å². The average Bonchev–Trinajstić information content (AvgIpc) is 2.68. The number of hydrogen-bond donors (Lipinski definition) is 2. The number of unbranched alkanes of at least 4 members (excludes halogenated alkanes) is 15. The fourth-order valence-corrected chi connectivity index (χ4v) is 3.36. The van der Waals surface area contributed by atoms with E-state index >= 15 is 0 Å². The van der Waals surface area contributed by atoms with Gasteiger partial charge in [0.15, 0.2) is 0 Å². The van der Waals surface area contributed by atoms with Crippen molar-refractivity contribution < 1.29 is 4.79 Å². The predicted molar refractivity (Wildman–Crippen MR) is 120 cm³/mol. The molecule has 3 heteroatoms. The van der Waals surface area contributed by atoms with Gasteiger partial charge in [0.2, 0.25) is 5.91 Å². The quantitative estimate of drug-likeness (QED) is 0.173. The second kappa shape index (κ2) is 23.2. The first-order valence-electron chi connectivity index (χ1n) is 11.9. The van der Waals surface area contributed by atoms with E-state index in [1.54, 1.807) is 0 Å². The van der Waals surface area contributed by atoms with Crippen LogP contribution >= 0.6 is 0 Å². The van der Waals surface area contributed by atoms with Crippen molar-refractivity contribution >= 4 is 5.91 Å². The summed E-state index contributed by atoms with van der Waals surface area (Å²) < 4.78 is 0. The van der Waals surface area contributed by atoms with Crippen molar-refractivity contribution in [2.75, 3.05) is 13.1 Å². The highest BCUT2D eigenvalue weighted by atomic mass is 16.1. The second-order valence-corrected chi connectivity index (χ2v) is 7.89. The van der Waals surface area contributed by atoms with Gasteiger partial charge in [0, 0.05) is 19.5 Å². The molecule has 3 nitrogen and oxygen atoms in total. The molecule has 0 rings (SSSR count). The third kappa shape index (κ3) is 23.1. The summed E-state index contributed by atoms with van der Waals surface area (Å²) in [4.78, 5) is 11.4. The molecule has 1 amide bonds. The summed E-state index contributed by atoms with van der Waals surface area (Å²) in [7, 11) is 0. The zero-order chi connectivity index (χ0) is 19.8. The van der Waals surface area contributed by atoms with Crippen LogP contribution in [0.15, 0.2) is 12.2 Å². The van der Waals surface area contributed by atoms with Gasteiger partial charge in [-0.15, -0.1) is 0 Å². The first-order valence-corrected chi connectivity index (χ1v) is 11.9. The highest BCUT2D eigenvalue weighted by molar-refractivity contribution is 5.75. The number of allylic oxidation sites excluding steroid dienone is 2. The van der Waals surface area contributed by atoms with Crippen LogP contribution in [-0.2, 0) is 4.79 Å². The minimum Gasteiger partial charge on any atom is -0.355 e. The molecule has 0 aliphatic rings. The van der Waals surface area contributed by atoms with E-state index in [9.17, 15) is 4.79 Å². The summed E-state index contributed by atoms with van der Waals surface area (Å²) in [6.07, 6.45) is 28.0. The fourth-order valence-electron chi connectivity index (χ4n) is 3.36. The van der Waals surface area contributed by atoms with Gasteiger partial charge in [0.25, 0.3) is 0 Å². The Bertz CT molecular complexity index is 328. The Hall–Kier alpha value is -0.830. The van der Waals surface area contributed by atoms with Crippen LogP contribution in [-0.4, -0.2) is 19.0 Å². The van der Waals surface area contributed by atoms with Gasteiger partial charge in [0.1, 0.15) is 0 Å². The maximum Gasteiger partial charge on any atom is 0.220 e. The van der Waals surface area contributed by atoms with E-state index in [1.807, 2.05) is 0 Å². The van der Waals surface area contributed by atoms with Crippen molar-refractivity contribution in [2.24, 2.45) is 5.73 Å². The van der Waals surface area contributed by atoms with E-state index in [1.165, 1.54) is 103 Å². The zero-order valence-electron chi connectivity index (χ0n) is 18.3. The molecule has 0 fully saturated rings. The summed E-state index contributed by atoms with van der Waals surface area (Å²) in [5.41, 5.74) is 5.36. The molecule has 0 spiro atoms. The molecule has 0 heterocycles. The Morgan fingerprint density at radius 1 is 0.704 bits per heavy atom. The van der Waals surface area contributed by atoms with Gasteiger partial charge in [0.05, 0.1) is 0 Å². The van der Waals surface area contributed by atoms with Crippen molar-refractivity contribution in [1.29, 1.82) is 0 Å². The Morgan fingerprint density at radius 3 is 1.63 bits per heavy atom. The molecular weight excluding hydrogens is 332 g/mol. The lowest BCUT2D eigenvalue weighted by atomic mass is 10.1. The van der Waals surface area contributed by atoms with Gasteiger partial charge in [-0.1, -0.05) is 96.1 Å². The molecular formula is C24H48N2O. The van der Waals surface area contributed by atoms with E-state index in [4.69, 9.17) is 5.73 Å². The Labute approximate surface area is 169 Å². The molecule has 0 saturated carbocycles. The molecule has 0 aromatic heterocycles. The SMILES string of the molecule is CCCCCCCC/C=C\CCCCCCCCCCCC(=O)NCCN. The standard InChI is InChI=1S/C24H48N2O/c1-2-3-4-5-6-7-8-9-10-11-12-13-14-15-16-17-18-19-20-21-24(27)26-23-22-25/h9-10H,2-8,11-23,25H2,1H3,(H,26,27)/b10-9-.